The Morgan fingerprint density at radius 3 is 2.60 bits per heavy atom. The van der Waals surface area contributed by atoms with E-state index in [1.807, 2.05) is 0 Å². The lowest BCUT2D eigenvalue weighted by Gasteiger charge is -2.36. The molecule has 1 aromatic carbocycles. The number of aromatic nitrogens is 5. The number of halogens is 4. The Balaban J connectivity index is 1.22. The van der Waals surface area contributed by atoms with Crippen LogP contribution in [0, 0.1) is 12.7 Å². The maximum Gasteiger partial charge on any atom is 0.419 e. The van der Waals surface area contributed by atoms with Crippen molar-refractivity contribution in [1.82, 2.24) is 29.0 Å². The largest absolute Gasteiger partial charge is 0.505 e. The SMILES string of the molecule is CCc1c(N2CCN(C(=O)c3ncc4occc4c3O)CC2)c(=O)n2nc(C3=CCOCC3)nc2n1CC(=O)Nc1cc(F)c(C(F)(F)F)cc1C. The molecule has 272 valence electrons. The minimum Gasteiger partial charge on any atom is -0.505 e. The maximum atomic E-state index is 14.5. The van der Waals surface area contributed by atoms with Gasteiger partial charge in [0.15, 0.2) is 22.9 Å². The van der Waals surface area contributed by atoms with Crippen molar-refractivity contribution in [2.24, 2.45) is 0 Å². The lowest BCUT2D eigenvalue weighted by atomic mass is 10.1. The number of carbonyl (C=O) groups excluding carboxylic acids is 2. The summed E-state index contributed by atoms with van der Waals surface area (Å²) in [7, 11) is 0. The number of fused-ring (bicyclic) bond motifs is 2. The average Bonchev–Trinajstić information content (AvgIpc) is 3.80. The van der Waals surface area contributed by atoms with Crippen molar-refractivity contribution >= 4 is 45.5 Å². The quantitative estimate of drug-likeness (QED) is 0.233. The molecule has 1 saturated heterocycles. The maximum absolute atomic E-state index is 14.5. The Hall–Kier alpha value is -5.78. The number of alkyl halides is 3. The van der Waals surface area contributed by atoms with Crippen LogP contribution in [0.4, 0.5) is 28.9 Å². The molecule has 2 aliphatic heterocycles. The van der Waals surface area contributed by atoms with Gasteiger partial charge in [-0.3, -0.25) is 14.4 Å². The zero-order valence-electron chi connectivity index (χ0n) is 28.0. The fourth-order valence-electron chi connectivity index (χ4n) is 6.53. The van der Waals surface area contributed by atoms with Crippen LogP contribution in [0.5, 0.6) is 5.75 Å². The van der Waals surface area contributed by atoms with Crippen LogP contribution in [0.1, 0.15) is 46.5 Å². The number of amides is 2. The minimum absolute atomic E-state index is 0.000347. The lowest BCUT2D eigenvalue weighted by Crippen LogP contribution is -2.51. The molecule has 2 amide bonds. The Kier molecular flexibility index (Phi) is 8.93. The molecule has 7 rings (SSSR count). The van der Waals surface area contributed by atoms with E-state index in [1.165, 1.54) is 34.9 Å². The van der Waals surface area contributed by atoms with E-state index in [9.17, 15) is 37.1 Å². The number of rotatable bonds is 7. The number of hydrogen-bond donors (Lipinski definition) is 2. The highest BCUT2D eigenvalue weighted by Gasteiger charge is 2.35. The molecule has 52 heavy (non-hydrogen) atoms. The molecule has 6 heterocycles. The van der Waals surface area contributed by atoms with Gasteiger partial charge in [0.25, 0.3) is 11.5 Å². The van der Waals surface area contributed by atoms with E-state index in [0.717, 1.165) is 10.1 Å². The Morgan fingerprint density at radius 1 is 1.13 bits per heavy atom. The predicted octanol–water partition coefficient (Wildman–Crippen LogP) is 4.17. The molecule has 0 atom stereocenters. The van der Waals surface area contributed by atoms with Crippen molar-refractivity contribution in [1.29, 1.82) is 0 Å². The van der Waals surface area contributed by atoms with Gasteiger partial charge in [-0.2, -0.15) is 22.7 Å². The van der Waals surface area contributed by atoms with Crippen LogP contribution < -0.4 is 15.8 Å². The average molecular weight is 725 g/mol. The number of aryl methyl sites for hydroxylation is 1. The number of carbonyl (C=O) groups is 2. The van der Waals surface area contributed by atoms with Crippen molar-refractivity contribution in [2.75, 3.05) is 49.6 Å². The van der Waals surface area contributed by atoms with Crippen LogP contribution in [-0.2, 0) is 28.7 Å². The van der Waals surface area contributed by atoms with Crippen LogP contribution >= 0.6 is 0 Å². The van der Waals surface area contributed by atoms with E-state index in [1.54, 1.807) is 17.9 Å². The zero-order valence-corrected chi connectivity index (χ0v) is 28.0. The molecule has 14 nitrogen and oxygen atoms in total. The second-order valence-electron chi connectivity index (χ2n) is 12.4. The number of benzene rings is 1. The van der Waals surface area contributed by atoms with Gasteiger partial charge in [-0.05, 0) is 49.1 Å². The van der Waals surface area contributed by atoms with Crippen LogP contribution in [0.25, 0.3) is 22.3 Å². The molecule has 4 aromatic heterocycles. The molecule has 0 bridgehead atoms. The molecule has 1 fully saturated rings. The summed E-state index contributed by atoms with van der Waals surface area (Å²) in [6, 6.07) is 2.79. The fraction of sp³-hybridized carbons (Fsp3) is 0.353. The third kappa shape index (κ3) is 6.22. The van der Waals surface area contributed by atoms with Gasteiger partial charge in [-0.25, -0.2) is 9.37 Å². The predicted molar refractivity (Wildman–Crippen MR) is 179 cm³/mol. The highest BCUT2D eigenvalue weighted by Crippen LogP contribution is 2.34. The van der Waals surface area contributed by atoms with Crippen molar-refractivity contribution in [2.45, 2.75) is 39.4 Å². The lowest BCUT2D eigenvalue weighted by molar-refractivity contribution is -0.140. The van der Waals surface area contributed by atoms with Gasteiger partial charge in [0.2, 0.25) is 11.7 Å². The first-order chi connectivity index (χ1) is 24.8. The third-order valence-corrected chi connectivity index (χ3v) is 9.18. The van der Waals surface area contributed by atoms with Crippen molar-refractivity contribution in [3.05, 3.63) is 81.2 Å². The summed E-state index contributed by atoms with van der Waals surface area (Å²) < 4.78 is 67.6. The molecule has 18 heteroatoms. The number of anilines is 2. The van der Waals surface area contributed by atoms with E-state index >= 15 is 0 Å². The molecule has 0 unspecified atom stereocenters. The Bertz CT molecular complexity index is 2320. The highest BCUT2D eigenvalue weighted by atomic mass is 19.4. The normalized spacial score (nSPS) is 15.4. The summed E-state index contributed by atoms with van der Waals surface area (Å²) in [6.45, 7) is 4.16. The summed E-state index contributed by atoms with van der Waals surface area (Å²) in [5, 5.41) is 18.1. The van der Waals surface area contributed by atoms with Gasteiger partial charge in [0.1, 0.15) is 18.0 Å². The standard InChI is InChI=1S/C34H32F4N8O6/c1-3-24-28(43-7-9-44(10-8-43)31(49)27-29(48)20-6-13-52-25(20)16-39-27)32(50)46-33(41-30(42-46)19-4-11-51-12-5-19)45(24)17-26(47)40-23-15-22(35)21(14-18(23)2)34(36,37)38/h4,6,13-16,48H,3,5,7-12,17H2,1-2H3,(H,40,47). The summed E-state index contributed by atoms with van der Waals surface area (Å²) in [5.41, 5.74) is -0.496. The van der Waals surface area contributed by atoms with Gasteiger partial charge in [-0.15, -0.1) is 5.10 Å². The first kappa shape index (κ1) is 34.7. The zero-order chi connectivity index (χ0) is 36.9. The number of hydrogen-bond acceptors (Lipinski definition) is 10. The van der Waals surface area contributed by atoms with Gasteiger partial charge >= 0.3 is 6.18 Å². The number of nitrogens with zero attached hydrogens (tertiary/aromatic N) is 7. The molecular formula is C34H32F4N8O6. The molecule has 5 aromatic rings. The van der Waals surface area contributed by atoms with Crippen LogP contribution in [-0.4, -0.2) is 85.4 Å². The molecule has 0 radical (unpaired) electrons. The van der Waals surface area contributed by atoms with Crippen LogP contribution in [0.3, 0.4) is 0 Å². The first-order valence-electron chi connectivity index (χ1n) is 16.4. The molecule has 0 spiro atoms. The van der Waals surface area contributed by atoms with E-state index in [2.05, 4.69) is 20.4 Å². The fourth-order valence-corrected chi connectivity index (χ4v) is 6.53. The molecule has 0 saturated carbocycles. The summed E-state index contributed by atoms with van der Waals surface area (Å²) in [5.74, 6) is -2.71. The van der Waals surface area contributed by atoms with Gasteiger partial charge in [0, 0.05) is 31.9 Å². The smallest absolute Gasteiger partial charge is 0.419 e. The summed E-state index contributed by atoms with van der Waals surface area (Å²) in [6.07, 6.45) is 0.372. The number of aromatic hydroxyl groups is 1. The number of ether oxygens (including phenoxy) is 1. The molecular weight excluding hydrogens is 692 g/mol. The summed E-state index contributed by atoms with van der Waals surface area (Å²) in [4.78, 5) is 53.2. The van der Waals surface area contributed by atoms with Crippen LogP contribution in [0.2, 0.25) is 0 Å². The number of pyridine rings is 1. The van der Waals surface area contributed by atoms with E-state index in [-0.39, 0.29) is 72.6 Å². The van der Waals surface area contributed by atoms with E-state index < -0.39 is 41.5 Å². The number of nitrogens with one attached hydrogen (secondary N) is 1. The van der Waals surface area contributed by atoms with Crippen molar-refractivity contribution < 1.29 is 41.4 Å². The highest BCUT2D eigenvalue weighted by molar-refractivity contribution is 6.00. The number of furan rings is 1. The van der Waals surface area contributed by atoms with E-state index in [0.29, 0.717) is 48.4 Å². The third-order valence-electron chi connectivity index (χ3n) is 9.18. The Morgan fingerprint density at radius 2 is 1.90 bits per heavy atom. The topological polar surface area (TPSA) is 160 Å². The minimum atomic E-state index is -4.91. The van der Waals surface area contributed by atoms with Crippen LogP contribution in [0.15, 0.2) is 45.9 Å². The summed E-state index contributed by atoms with van der Waals surface area (Å²) >= 11 is 0. The van der Waals surface area contributed by atoms with Gasteiger partial charge in [-0.1, -0.05) is 13.0 Å². The second-order valence-corrected chi connectivity index (χ2v) is 12.4. The second kappa shape index (κ2) is 13.4. The van der Waals surface area contributed by atoms with E-state index in [4.69, 9.17) is 9.15 Å². The number of piperazine rings is 1. The first-order valence-corrected chi connectivity index (χ1v) is 16.4. The molecule has 2 aliphatic rings. The monoisotopic (exact) mass is 724 g/mol. The Labute approximate surface area is 291 Å². The van der Waals surface area contributed by atoms with Crippen molar-refractivity contribution in [3.8, 4) is 5.75 Å². The van der Waals surface area contributed by atoms with Gasteiger partial charge < -0.3 is 33.9 Å². The molecule has 0 aliphatic carbocycles. The van der Waals surface area contributed by atoms with Gasteiger partial charge in [0.05, 0.1) is 42.3 Å². The molecule has 2 N–H and O–H groups in total. The van der Waals surface area contributed by atoms with Crippen molar-refractivity contribution in [3.63, 3.8) is 0 Å².